The molecule has 1 N–H and O–H groups in total. The second-order valence-corrected chi connectivity index (χ2v) is 10.9. The van der Waals surface area contributed by atoms with Gasteiger partial charge in [0, 0.05) is 6.42 Å². The first-order valence-electron chi connectivity index (χ1n) is 13.5. The highest BCUT2D eigenvalue weighted by atomic mass is 19.4. The summed E-state index contributed by atoms with van der Waals surface area (Å²) in [6.07, 6.45) is -24.8. The number of carbonyl (C=O) groups is 2. The van der Waals surface area contributed by atoms with E-state index < -0.39 is 126 Å². The Balaban J connectivity index is 3.64. The van der Waals surface area contributed by atoms with E-state index in [1.165, 1.54) is 0 Å². The maximum Gasteiger partial charge on any atom is 0.460 e. The van der Waals surface area contributed by atoms with E-state index in [4.69, 9.17) is 0 Å². The summed E-state index contributed by atoms with van der Waals surface area (Å²) in [5, 5.41) is 9.38. The molecule has 0 aliphatic heterocycles. The summed E-state index contributed by atoms with van der Waals surface area (Å²) in [7, 11) is 0. The molecule has 0 spiro atoms. The third kappa shape index (κ3) is 7.96. The topological polar surface area (TPSA) is 63.6 Å². The van der Waals surface area contributed by atoms with Gasteiger partial charge in [-0.05, 0) is 12.0 Å². The number of benzene rings is 1. The van der Waals surface area contributed by atoms with Crippen LogP contribution in [0.5, 0.6) is 0 Å². The quantitative estimate of drug-likeness (QED) is 0.0962. The molecule has 0 radical (unpaired) electrons. The number of halogens is 26. The van der Waals surface area contributed by atoms with Crippen molar-refractivity contribution in [3.63, 3.8) is 0 Å². The van der Waals surface area contributed by atoms with Gasteiger partial charge in [-0.25, -0.2) is 9.59 Å². The Morgan fingerprint density at radius 1 is 0.464 bits per heavy atom. The molecule has 324 valence electrons. The Morgan fingerprint density at radius 3 is 1.11 bits per heavy atom. The molecule has 0 heterocycles. The average molecular weight is 884 g/mol. The van der Waals surface area contributed by atoms with Crippen molar-refractivity contribution in [3.05, 3.63) is 41.5 Å². The van der Waals surface area contributed by atoms with Crippen LogP contribution < -0.4 is 0 Å². The van der Waals surface area contributed by atoms with Crippen LogP contribution in [-0.4, -0.2) is 95.2 Å². The summed E-state index contributed by atoms with van der Waals surface area (Å²) < 4.78 is 352. The first kappa shape index (κ1) is 50.1. The van der Waals surface area contributed by atoms with Crippen LogP contribution in [0.4, 0.5) is 114 Å². The zero-order valence-corrected chi connectivity index (χ0v) is 25.7. The molecule has 1 aromatic carbocycles. The van der Waals surface area contributed by atoms with Crippen LogP contribution in [0.15, 0.2) is 35.9 Å². The van der Waals surface area contributed by atoms with Gasteiger partial charge in [-0.3, -0.25) is 0 Å². The van der Waals surface area contributed by atoms with E-state index in [0.717, 1.165) is 18.2 Å². The largest absolute Gasteiger partial charge is 0.478 e. The minimum absolute atomic E-state index is 0.465. The third-order valence-electron chi connectivity index (χ3n) is 7.16. The molecule has 0 amide bonds. The Hall–Kier alpha value is -3.92. The first-order chi connectivity index (χ1) is 24.4. The van der Waals surface area contributed by atoms with Gasteiger partial charge in [0.2, 0.25) is 0 Å². The summed E-state index contributed by atoms with van der Waals surface area (Å²) in [6.45, 7) is -2.63. The van der Waals surface area contributed by atoms with Crippen molar-refractivity contribution >= 4 is 17.5 Å². The Kier molecular flexibility index (Phi) is 13.2. The molecule has 56 heavy (non-hydrogen) atoms. The fourth-order valence-corrected chi connectivity index (χ4v) is 3.90. The number of rotatable bonds is 17. The lowest BCUT2D eigenvalue weighted by molar-refractivity contribution is -0.440. The lowest BCUT2D eigenvalue weighted by Crippen LogP contribution is -2.70. The van der Waals surface area contributed by atoms with Gasteiger partial charge >= 0.3 is 83.5 Å². The van der Waals surface area contributed by atoms with E-state index in [2.05, 4.69) is 4.74 Å². The molecule has 0 aliphatic rings. The molecule has 0 aromatic heterocycles. The van der Waals surface area contributed by atoms with E-state index in [0.29, 0.717) is 12.1 Å². The van der Waals surface area contributed by atoms with Crippen molar-refractivity contribution in [2.75, 3.05) is 6.61 Å². The molecule has 0 saturated carbocycles. The monoisotopic (exact) mass is 884 g/mol. The highest BCUT2D eigenvalue weighted by Gasteiger charge is 2.92. The molecule has 1 aromatic rings. The smallest absolute Gasteiger partial charge is 0.460 e. The summed E-state index contributed by atoms with van der Waals surface area (Å²) >= 11 is 0. The first-order valence-corrected chi connectivity index (χ1v) is 13.5. The van der Waals surface area contributed by atoms with E-state index in [1.54, 1.807) is 0 Å². The summed E-state index contributed by atoms with van der Waals surface area (Å²) in [5.74, 6) is -85.1. The standard InChI is InChI=1S/C26H14F26O4/c27-15(28,17(31,32)19(35,36)21(39,40)23(43,44)25(47,48)49)7-6-11(13(53)54)12(10-4-2-1-3-5-10)14(55)56-9-8-16(29,30)18(33,34)20(37,38)22(41,42)24(45,46)26(50,51)52/h1-5H,6-9H2,(H,53,54). The summed E-state index contributed by atoms with van der Waals surface area (Å²) in [6, 6.07) is 3.31. The predicted molar refractivity (Wildman–Crippen MR) is 127 cm³/mol. The van der Waals surface area contributed by atoms with Gasteiger partial charge in [-0.1, -0.05) is 30.3 Å². The van der Waals surface area contributed by atoms with Crippen LogP contribution in [0, 0.1) is 0 Å². The zero-order valence-electron chi connectivity index (χ0n) is 25.7. The Morgan fingerprint density at radius 2 is 0.786 bits per heavy atom. The van der Waals surface area contributed by atoms with Crippen LogP contribution in [-0.2, 0) is 14.3 Å². The van der Waals surface area contributed by atoms with E-state index in [1.807, 2.05) is 0 Å². The second-order valence-electron chi connectivity index (χ2n) is 10.9. The van der Waals surface area contributed by atoms with Crippen molar-refractivity contribution in [1.29, 1.82) is 0 Å². The van der Waals surface area contributed by atoms with Crippen LogP contribution in [0.1, 0.15) is 24.8 Å². The second kappa shape index (κ2) is 14.8. The number of hydrogen-bond acceptors (Lipinski definition) is 3. The predicted octanol–water partition coefficient (Wildman–Crippen LogP) is 10.7. The number of carboxylic acid groups (broad SMARTS) is 1. The molecular formula is C26H14F26O4. The number of carbonyl (C=O) groups excluding carboxylic acids is 1. The van der Waals surface area contributed by atoms with Gasteiger partial charge in [-0.2, -0.15) is 114 Å². The summed E-state index contributed by atoms with van der Waals surface area (Å²) in [5.41, 5.74) is -5.25. The molecule has 0 bridgehead atoms. The maximum atomic E-state index is 14.4. The van der Waals surface area contributed by atoms with Crippen LogP contribution in [0.25, 0.3) is 5.57 Å². The van der Waals surface area contributed by atoms with Crippen molar-refractivity contribution in [1.82, 2.24) is 0 Å². The lowest BCUT2D eigenvalue weighted by Gasteiger charge is -2.39. The Labute approximate surface area is 291 Å². The highest BCUT2D eigenvalue weighted by Crippen LogP contribution is 2.62. The normalized spacial score (nSPS) is 15.8. The molecule has 1 rings (SSSR count). The van der Waals surface area contributed by atoms with Crippen LogP contribution >= 0.6 is 0 Å². The van der Waals surface area contributed by atoms with Gasteiger partial charge in [0.25, 0.3) is 0 Å². The third-order valence-corrected chi connectivity index (χ3v) is 7.16. The summed E-state index contributed by atoms with van der Waals surface area (Å²) in [4.78, 5) is 24.4. The number of hydrogen-bond donors (Lipinski definition) is 1. The number of carboxylic acids is 1. The molecular weight excluding hydrogens is 870 g/mol. The number of alkyl halides is 26. The van der Waals surface area contributed by atoms with E-state index in [9.17, 15) is 129 Å². The minimum Gasteiger partial charge on any atom is -0.478 e. The van der Waals surface area contributed by atoms with E-state index >= 15 is 0 Å². The molecule has 0 fully saturated rings. The molecule has 0 saturated heterocycles. The molecule has 0 atom stereocenters. The molecule has 4 nitrogen and oxygen atoms in total. The van der Waals surface area contributed by atoms with Crippen molar-refractivity contribution < 1.29 is 134 Å². The van der Waals surface area contributed by atoms with Gasteiger partial charge in [0.15, 0.2) is 0 Å². The molecule has 0 unspecified atom stereocenters. The van der Waals surface area contributed by atoms with Gasteiger partial charge < -0.3 is 9.84 Å². The van der Waals surface area contributed by atoms with Crippen molar-refractivity contribution in [2.24, 2.45) is 0 Å². The molecule has 0 aliphatic carbocycles. The highest BCUT2D eigenvalue weighted by molar-refractivity contribution is 6.22. The minimum atomic E-state index is -8.40. The fourth-order valence-electron chi connectivity index (χ4n) is 3.90. The van der Waals surface area contributed by atoms with Gasteiger partial charge in [-0.15, -0.1) is 0 Å². The van der Waals surface area contributed by atoms with Crippen molar-refractivity contribution in [3.8, 4) is 0 Å². The van der Waals surface area contributed by atoms with Crippen LogP contribution in [0.3, 0.4) is 0 Å². The van der Waals surface area contributed by atoms with E-state index in [-0.39, 0.29) is 0 Å². The number of aliphatic carboxylic acids is 1. The SMILES string of the molecule is O=C(O)C(CCC(F)(F)C(F)(F)C(F)(F)C(F)(F)C(F)(F)C(F)(F)F)=C(C(=O)OCCC(F)(F)C(F)(F)C(F)(F)C(F)(F)C(F)(F)C(F)(F)F)c1ccccc1. The molecule has 30 heteroatoms. The number of ether oxygens (including phenoxy) is 1. The number of esters is 1. The Bertz CT molecular complexity index is 1610. The average Bonchev–Trinajstić information content (AvgIpc) is 3.01. The zero-order chi connectivity index (χ0) is 45.0. The van der Waals surface area contributed by atoms with Gasteiger partial charge in [0.1, 0.15) is 0 Å². The van der Waals surface area contributed by atoms with Crippen LogP contribution in [0.2, 0.25) is 0 Å². The lowest BCUT2D eigenvalue weighted by atomic mass is 9.89. The maximum absolute atomic E-state index is 14.4. The van der Waals surface area contributed by atoms with Crippen molar-refractivity contribution in [2.45, 2.75) is 90.8 Å². The fraction of sp³-hybridized carbons (Fsp3) is 0.615. The van der Waals surface area contributed by atoms with Gasteiger partial charge in [0.05, 0.1) is 24.2 Å².